The van der Waals surface area contributed by atoms with Gasteiger partial charge in [0.1, 0.15) is 17.2 Å². The van der Waals surface area contributed by atoms with Crippen molar-refractivity contribution in [2.24, 2.45) is 0 Å². The minimum Gasteiger partial charge on any atom is -0.381 e. The highest BCUT2D eigenvalue weighted by Gasteiger charge is 2.31. The van der Waals surface area contributed by atoms with E-state index in [0.717, 1.165) is 36.5 Å². The van der Waals surface area contributed by atoms with Gasteiger partial charge in [0, 0.05) is 25.0 Å². The number of aryl methyl sites for hydroxylation is 1. The number of carbonyl (C=O) groups excluding carboxylic acids is 1. The van der Waals surface area contributed by atoms with Gasteiger partial charge in [0.05, 0.1) is 12.2 Å². The van der Waals surface area contributed by atoms with Gasteiger partial charge in [-0.3, -0.25) is 9.78 Å². The number of fused-ring (bicyclic) bond motifs is 5. The third kappa shape index (κ3) is 2.65. The first-order chi connectivity index (χ1) is 13.6. The number of halogens is 1. The topological polar surface area (TPSA) is 101 Å². The van der Waals surface area contributed by atoms with Gasteiger partial charge in [-0.1, -0.05) is 0 Å². The van der Waals surface area contributed by atoms with E-state index in [1.165, 1.54) is 10.7 Å². The van der Waals surface area contributed by atoms with E-state index in [0.29, 0.717) is 30.6 Å². The van der Waals surface area contributed by atoms with E-state index >= 15 is 0 Å². The molecule has 0 radical (unpaired) electrons. The van der Waals surface area contributed by atoms with Crippen LogP contribution in [0.5, 0.6) is 0 Å². The Morgan fingerprint density at radius 1 is 1.32 bits per heavy atom. The molecule has 2 bridgehead atoms. The molecule has 3 aromatic heterocycles. The average molecular weight is 381 g/mol. The monoisotopic (exact) mass is 381 g/mol. The van der Waals surface area contributed by atoms with Gasteiger partial charge in [0.2, 0.25) is 0 Å². The summed E-state index contributed by atoms with van der Waals surface area (Å²) in [6.45, 7) is 1.26. The van der Waals surface area contributed by atoms with Gasteiger partial charge in [0.15, 0.2) is 11.5 Å². The second-order valence-corrected chi connectivity index (χ2v) is 7.21. The summed E-state index contributed by atoms with van der Waals surface area (Å²) in [7, 11) is 0. The molecule has 2 aliphatic rings. The fourth-order valence-corrected chi connectivity index (χ4v) is 4.21. The van der Waals surface area contributed by atoms with Crippen LogP contribution < -0.4 is 16.0 Å². The first-order valence-electron chi connectivity index (χ1n) is 9.46. The van der Waals surface area contributed by atoms with Crippen LogP contribution in [0.3, 0.4) is 0 Å². The van der Waals surface area contributed by atoms with Crippen LogP contribution in [0.2, 0.25) is 0 Å². The van der Waals surface area contributed by atoms with Crippen molar-refractivity contribution in [3.8, 4) is 0 Å². The zero-order valence-corrected chi connectivity index (χ0v) is 15.2. The van der Waals surface area contributed by atoms with E-state index in [-0.39, 0.29) is 23.6 Å². The summed E-state index contributed by atoms with van der Waals surface area (Å²) in [6.07, 6.45) is 6.24. The van der Waals surface area contributed by atoms with E-state index in [9.17, 15) is 9.18 Å². The molecule has 3 N–H and O–H groups in total. The van der Waals surface area contributed by atoms with E-state index in [1.54, 1.807) is 12.3 Å². The molecule has 28 heavy (non-hydrogen) atoms. The lowest BCUT2D eigenvalue weighted by atomic mass is 10.00. The normalized spacial score (nSPS) is 19.5. The molecule has 1 unspecified atom stereocenters. The molecule has 5 heterocycles. The molecule has 1 fully saturated rings. The minimum atomic E-state index is -0.336. The van der Waals surface area contributed by atoms with Crippen LogP contribution in [0.1, 0.15) is 46.9 Å². The highest BCUT2D eigenvalue weighted by Crippen LogP contribution is 2.37. The molecule has 0 aromatic carbocycles. The average Bonchev–Trinajstić information content (AvgIpc) is 3.28. The largest absolute Gasteiger partial charge is 0.381 e. The SMILES string of the molecule is Nc1nn2ccc3nc2c1C(=O)NCCCc1ncc(F)cc1C1CCCN31. The summed E-state index contributed by atoms with van der Waals surface area (Å²) in [5.74, 6) is 0.250. The number of hydrogen-bond donors (Lipinski definition) is 2. The van der Waals surface area contributed by atoms with Crippen LogP contribution in [0.15, 0.2) is 24.5 Å². The fraction of sp³-hybridized carbons (Fsp3) is 0.368. The molecule has 1 atom stereocenters. The van der Waals surface area contributed by atoms with Crippen LogP contribution in [0.25, 0.3) is 5.65 Å². The van der Waals surface area contributed by atoms with Crippen molar-refractivity contribution in [3.05, 3.63) is 47.2 Å². The molecule has 144 valence electrons. The number of rotatable bonds is 0. The maximum atomic E-state index is 14.0. The summed E-state index contributed by atoms with van der Waals surface area (Å²) < 4.78 is 15.5. The minimum absolute atomic E-state index is 0.00119. The lowest BCUT2D eigenvalue weighted by Gasteiger charge is -2.27. The summed E-state index contributed by atoms with van der Waals surface area (Å²) in [4.78, 5) is 23.9. The zero-order chi connectivity index (χ0) is 19.3. The number of aromatic nitrogens is 4. The van der Waals surface area contributed by atoms with Gasteiger partial charge < -0.3 is 16.0 Å². The number of carbonyl (C=O) groups is 1. The van der Waals surface area contributed by atoms with E-state index in [4.69, 9.17) is 10.7 Å². The second kappa shape index (κ2) is 6.43. The smallest absolute Gasteiger partial charge is 0.258 e. The first kappa shape index (κ1) is 16.9. The highest BCUT2D eigenvalue weighted by molar-refractivity contribution is 6.04. The van der Waals surface area contributed by atoms with Crippen LogP contribution in [-0.2, 0) is 6.42 Å². The Morgan fingerprint density at radius 3 is 3.11 bits per heavy atom. The maximum Gasteiger partial charge on any atom is 0.258 e. The summed E-state index contributed by atoms with van der Waals surface area (Å²) in [5, 5.41) is 7.09. The van der Waals surface area contributed by atoms with Crippen molar-refractivity contribution in [3.63, 3.8) is 0 Å². The van der Waals surface area contributed by atoms with Crippen LogP contribution >= 0.6 is 0 Å². The molecule has 2 aliphatic heterocycles. The van der Waals surface area contributed by atoms with Crippen molar-refractivity contribution in [1.82, 2.24) is 24.9 Å². The Labute approximate surface area is 160 Å². The van der Waals surface area contributed by atoms with Crippen molar-refractivity contribution >= 4 is 23.2 Å². The lowest BCUT2D eigenvalue weighted by Crippen LogP contribution is -2.25. The fourth-order valence-electron chi connectivity index (χ4n) is 4.21. The number of pyridine rings is 1. The number of nitrogens with one attached hydrogen (secondary N) is 1. The standard InChI is InChI=1S/C19H20FN7O/c20-11-9-12-13(23-10-11)3-1-6-22-19(28)16-17(21)25-27-8-5-15(24-18(16)27)26-7-2-4-14(12)26/h5,8-10,14H,1-4,6-7H2,(H2,21,25)(H,22,28). The van der Waals surface area contributed by atoms with E-state index in [1.807, 2.05) is 6.07 Å². The first-order valence-corrected chi connectivity index (χ1v) is 9.46. The summed E-state index contributed by atoms with van der Waals surface area (Å²) in [6, 6.07) is 3.44. The number of hydrogen-bond acceptors (Lipinski definition) is 6. The highest BCUT2D eigenvalue weighted by atomic mass is 19.1. The number of nitrogens with zero attached hydrogens (tertiary/aromatic N) is 5. The lowest BCUT2D eigenvalue weighted by molar-refractivity contribution is 0.0955. The van der Waals surface area contributed by atoms with Crippen LogP contribution in [0.4, 0.5) is 16.0 Å². The van der Waals surface area contributed by atoms with Gasteiger partial charge in [0.25, 0.3) is 5.91 Å². The van der Waals surface area contributed by atoms with Gasteiger partial charge in [-0.25, -0.2) is 13.9 Å². The van der Waals surface area contributed by atoms with Crippen LogP contribution in [0, 0.1) is 5.82 Å². The molecule has 9 heteroatoms. The second-order valence-electron chi connectivity index (χ2n) is 7.21. The molecule has 5 rings (SSSR count). The number of anilines is 2. The third-order valence-corrected chi connectivity index (χ3v) is 5.48. The Kier molecular flexibility index (Phi) is 3.88. The van der Waals surface area contributed by atoms with Crippen molar-refractivity contribution in [2.75, 3.05) is 23.7 Å². The Morgan fingerprint density at radius 2 is 2.21 bits per heavy atom. The number of nitrogens with two attached hydrogens (primary N) is 1. The predicted molar refractivity (Wildman–Crippen MR) is 102 cm³/mol. The third-order valence-electron chi connectivity index (χ3n) is 5.48. The summed E-state index contributed by atoms with van der Waals surface area (Å²) >= 11 is 0. The summed E-state index contributed by atoms with van der Waals surface area (Å²) in [5.41, 5.74) is 8.48. The quantitative estimate of drug-likeness (QED) is 0.616. The molecular formula is C19H20FN7O. The van der Waals surface area contributed by atoms with Crippen molar-refractivity contribution in [2.45, 2.75) is 31.7 Å². The van der Waals surface area contributed by atoms with E-state index < -0.39 is 0 Å². The van der Waals surface area contributed by atoms with Gasteiger partial charge >= 0.3 is 0 Å². The molecule has 0 spiro atoms. The molecule has 0 aliphatic carbocycles. The Bertz CT molecular complexity index is 1080. The molecule has 8 nitrogen and oxygen atoms in total. The van der Waals surface area contributed by atoms with Crippen molar-refractivity contribution in [1.29, 1.82) is 0 Å². The van der Waals surface area contributed by atoms with Gasteiger partial charge in [-0.15, -0.1) is 5.10 Å². The van der Waals surface area contributed by atoms with E-state index in [2.05, 4.69) is 20.3 Å². The zero-order valence-electron chi connectivity index (χ0n) is 15.2. The molecule has 0 saturated carbocycles. The van der Waals surface area contributed by atoms with Gasteiger partial charge in [-0.2, -0.15) is 0 Å². The Hall–Kier alpha value is -3.23. The predicted octanol–water partition coefficient (Wildman–Crippen LogP) is 1.86. The van der Waals surface area contributed by atoms with Gasteiger partial charge in [-0.05, 0) is 43.4 Å². The van der Waals surface area contributed by atoms with Crippen LogP contribution in [-0.4, -0.2) is 38.6 Å². The Balaban J connectivity index is 1.69. The molecular weight excluding hydrogens is 361 g/mol. The molecule has 1 amide bonds. The molecule has 3 aromatic rings. The number of nitrogen functional groups attached to an aromatic ring is 1. The van der Waals surface area contributed by atoms with Crippen molar-refractivity contribution < 1.29 is 9.18 Å². The molecule has 1 saturated heterocycles. The number of amides is 1. The maximum absolute atomic E-state index is 14.0.